The highest BCUT2D eigenvalue weighted by atomic mass is 35.5. The standard InChI is InChI=1S/C31H32ClN3O5S/c1-3-39-29(37)23-10-7-15-34(17-23)26(36)16-25-19-41-31-33-20(2)27(30(38)40-18-21-8-5-4-6-9-21)28(35(25)31)22-11-13-24(32)14-12-22/h4-6,8-9,11-14,19,23,28H,3,7,10,15-18H2,1-2H3/t23-,28+/m0/s1. The maximum Gasteiger partial charge on any atom is 0.338 e. The minimum absolute atomic E-state index is 0.0820. The summed E-state index contributed by atoms with van der Waals surface area (Å²) in [5, 5.41) is 3.18. The number of piperidine rings is 1. The van der Waals surface area contributed by atoms with Gasteiger partial charge in [-0.15, -0.1) is 0 Å². The van der Waals surface area contributed by atoms with Crippen LogP contribution >= 0.6 is 23.4 Å². The highest BCUT2D eigenvalue weighted by Crippen LogP contribution is 2.45. The van der Waals surface area contributed by atoms with Crippen molar-refractivity contribution in [3.63, 3.8) is 0 Å². The molecule has 2 aromatic rings. The number of hydrogen-bond acceptors (Lipinski definition) is 8. The average molecular weight is 594 g/mol. The van der Waals surface area contributed by atoms with Gasteiger partial charge in [0.25, 0.3) is 0 Å². The van der Waals surface area contributed by atoms with E-state index in [-0.39, 0.29) is 30.8 Å². The van der Waals surface area contributed by atoms with Crippen LogP contribution < -0.4 is 0 Å². The van der Waals surface area contributed by atoms with Gasteiger partial charge in [0.15, 0.2) is 5.17 Å². The molecule has 41 heavy (non-hydrogen) atoms. The van der Waals surface area contributed by atoms with Crippen LogP contribution in [0.25, 0.3) is 0 Å². The summed E-state index contributed by atoms with van der Waals surface area (Å²) in [6.45, 7) is 4.97. The Kier molecular flexibility index (Phi) is 9.15. The first kappa shape index (κ1) is 29.0. The zero-order valence-electron chi connectivity index (χ0n) is 23.0. The summed E-state index contributed by atoms with van der Waals surface area (Å²) in [6, 6.07) is 16.3. The third-order valence-electron chi connectivity index (χ3n) is 7.35. The molecule has 3 aliphatic rings. The van der Waals surface area contributed by atoms with Crippen LogP contribution in [-0.2, 0) is 30.5 Å². The van der Waals surface area contributed by atoms with Crippen LogP contribution in [0, 0.1) is 5.92 Å². The van der Waals surface area contributed by atoms with E-state index in [1.54, 1.807) is 30.9 Å². The fraction of sp³-hybridized carbons (Fsp3) is 0.355. The molecule has 3 heterocycles. The lowest BCUT2D eigenvalue weighted by atomic mass is 9.93. The number of ether oxygens (including phenoxy) is 2. The highest BCUT2D eigenvalue weighted by molar-refractivity contribution is 8.16. The van der Waals surface area contributed by atoms with E-state index in [4.69, 9.17) is 26.1 Å². The Morgan fingerprint density at radius 2 is 1.83 bits per heavy atom. The van der Waals surface area contributed by atoms with Crippen LogP contribution in [0.2, 0.25) is 5.02 Å². The minimum Gasteiger partial charge on any atom is -0.466 e. The summed E-state index contributed by atoms with van der Waals surface area (Å²) in [6.07, 6.45) is 1.56. The van der Waals surface area contributed by atoms with Gasteiger partial charge in [0.1, 0.15) is 6.61 Å². The molecule has 5 rings (SSSR count). The van der Waals surface area contributed by atoms with Crippen molar-refractivity contribution in [2.45, 2.75) is 45.8 Å². The molecule has 0 saturated carbocycles. The SMILES string of the molecule is CCOC(=O)[C@H]1CCCN(C(=O)CC2=CSC3=NC(C)=C(C(=O)OCc4ccccc4)[C@@H](c4ccc(Cl)cc4)N23)C1. The normalized spacial score (nSPS) is 20.3. The van der Waals surface area contributed by atoms with E-state index < -0.39 is 12.0 Å². The molecule has 0 bridgehead atoms. The second kappa shape index (κ2) is 13.0. The maximum absolute atomic E-state index is 13.6. The first-order valence-electron chi connectivity index (χ1n) is 13.7. The Morgan fingerprint density at radius 3 is 2.56 bits per heavy atom. The van der Waals surface area contributed by atoms with Crippen LogP contribution in [-0.4, -0.2) is 52.5 Å². The van der Waals surface area contributed by atoms with E-state index in [2.05, 4.69) is 0 Å². The smallest absolute Gasteiger partial charge is 0.338 e. The molecule has 0 aromatic heterocycles. The predicted octanol–water partition coefficient (Wildman–Crippen LogP) is 5.85. The quantitative estimate of drug-likeness (QED) is 0.355. The third-order valence-corrected chi connectivity index (χ3v) is 8.49. The Hall–Kier alpha value is -3.56. The molecule has 10 heteroatoms. The van der Waals surface area contributed by atoms with Crippen LogP contribution in [0.5, 0.6) is 0 Å². The molecule has 8 nitrogen and oxygen atoms in total. The number of halogens is 1. The molecule has 1 fully saturated rings. The van der Waals surface area contributed by atoms with E-state index in [1.165, 1.54) is 11.8 Å². The van der Waals surface area contributed by atoms with Gasteiger partial charge < -0.3 is 19.3 Å². The molecular formula is C31H32ClN3O5S. The van der Waals surface area contributed by atoms with Crippen molar-refractivity contribution in [3.05, 3.63) is 93.1 Å². The third kappa shape index (κ3) is 6.52. The average Bonchev–Trinajstić information content (AvgIpc) is 3.38. The molecule has 0 N–H and O–H groups in total. The number of hydrogen-bond donors (Lipinski definition) is 0. The molecule has 1 amide bonds. The Bertz CT molecular complexity index is 1410. The van der Waals surface area contributed by atoms with E-state index in [0.29, 0.717) is 47.6 Å². The van der Waals surface area contributed by atoms with Gasteiger partial charge in [-0.05, 0) is 55.4 Å². The van der Waals surface area contributed by atoms with Gasteiger partial charge in [0.05, 0.1) is 36.3 Å². The number of likely N-dealkylation sites (tertiary alicyclic amines) is 1. The number of rotatable bonds is 8. The number of allylic oxidation sites excluding steroid dienone is 1. The monoisotopic (exact) mass is 593 g/mol. The number of fused-ring (bicyclic) bond motifs is 1. The zero-order valence-corrected chi connectivity index (χ0v) is 24.6. The number of nitrogens with zero attached hydrogens (tertiary/aromatic N) is 3. The maximum atomic E-state index is 13.6. The predicted molar refractivity (Wildman–Crippen MR) is 159 cm³/mol. The van der Waals surface area contributed by atoms with Gasteiger partial charge in [-0.3, -0.25) is 9.59 Å². The number of esters is 2. The van der Waals surface area contributed by atoms with Crippen molar-refractivity contribution < 1.29 is 23.9 Å². The highest BCUT2D eigenvalue weighted by Gasteiger charge is 2.42. The molecule has 214 valence electrons. The van der Waals surface area contributed by atoms with E-state index in [1.807, 2.05) is 52.8 Å². The molecule has 2 aromatic carbocycles. The van der Waals surface area contributed by atoms with Gasteiger partial charge in [0.2, 0.25) is 5.91 Å². The zero-order chi connectivity index (χ0) is 28.9. The molecular weight excluding hydrogens is 562 g/mol. The van der Waals surface area contributed by atoms with Crippen molar-refractivity contribution in [1.29, 1.82) is 0 Å². The van der Waals surface area contributed by atoms with Gasteiger partial charge in [-0.25, -0.2) is 9.79 Å². The molecule has 1 saturated heterocycles. The van der Waals surface area contributed by atoms with Gasteiger partial charge >= 0.3 is 11.9 Å². The van der Waals surface area contributed by atoms with Crippen molar-refractivity contribution >= 4 is 46.4 Å². The minimum atomic E-state index is -0.550. The van der Waals surface area contributed by atoms with Crippen molar-refractivity contribution in [3.8, 4) is 0 Å². The lowest BCUT2D eigenvalue weighted by molar-refractivity contribution is -0.151. The lowest BCUT2D eigenvalue weighted by Crippen LogP contribution is -2.44. The van der Waals surface area contributed by atoms with E-state index in [9.17, 15) is 14.4 Å². The second-order valence-electron chi connectivity index (χ2n) is 10.1. The number of carbonyl (C=O) groups is 3. The number of benzene rings is 2. The summed E-state index contributed by atoms with van der Waals surface area (Å²) < 4.78 is 11.0. The summed E-state index contributed by atoms with van der Waals surface area (Å²) in [5.74, 6) is -1.12. The summed E-state index contributed by atoms with van der Waals surface area (Å²) >= 11 is 7.63. The first-order chi connectivity index (χ1) is 19.9. The molecule has 2 atom stereocenters. The molecule has 0 aliphatic carbocycles. The van der Waals surface area contributed by atoms with Crippen LogP contribution in [0.1, 0.15) is 50.3 Å². The fourth-order valence-electron chi connectivity index (χ4n) is 5.32. The topological polar surface area (TPSA) is 88.5 Å². The van der Waals surface area contributed by atoms with E-state index >= 15 is 0 Å². The summed E-state index contributed by atoms with van der Waals surface area (Å²) in [7, 11) is 0. The summed E-state index contributed by atoms with van der Waals surface area (Å²) in [4.78, 5) is 47.9. The molecule has 0 spiro atoms. The Labute approximate surface area is 249 Å². The number of amides is 1. The summed E-state index contributed by atoms with van der Waals surface area (Å²) in [5.41, 5.74) is 3.42. The van der Waals surface area contributed by atoms with Crippen LogP contribution in [0.4, 0.5) is 0 Å². The number of amidine groups is 1. The number of aliphatic imine (C=N–C) groups is 1. The fourth-order valence-corrected chi connectivity index (χ4v) is 6.41. The first-order valence-corrected chi connectivity index (χ1v) is 15.0. The molecule has 3 aliphatic heterocycles. The lowest BCUT2D eigenvalue weighted by Gasteiger charge is -2.37. The molecule has 0 unspecified atom stereocenters. The van der Waals surface area contributed by atoms with Gasteiger partial charge in [-0.1, -0.05) is 65.8 Å². The Balaban J connectivity index is 1.39. The largest absolute Gasteiger partial charge is 0.466 e. The molecule has 0 radical (unpaired) electrons. The van der Waals surface area contributed by atoms with Crippen molar-refractivity contribution in [2.75, 3.05) is 19.7 Å². The Morgan fingerprint density at radius 1 is 1.07 bits per heavy atom. The van der Waals surface area contributed by atoms with E-state index in [0.717, 1.165) is 23.2 Å². The van der Waals surface area contributed by atoms with Crippen LogP contribution in [0.15, 0.2) is 82.0 Å². The number of carbonyl (C=O) groups excluding carboxylic acids is 3. The van der Waals surface area contributed by atoms with Crippen molar-refractivity contribution in [1.82, 2.24) is 9.80 Å². The second-order valence-corrected chi connectivity index (χ2v) is 11.4. The van der Waals surface area contributed by atoms with Gasteiger partial charge in [0, 0.05) is 23.8 Å². The van der Waals surface area contributed by atoms with Crippen molar-refractivity contribution in [2.24, 2.45) is 10.9 Å². The number of thioether (sulfide) groups is 1. The van der Waals surface area contributed by atoms with Gasteiger partial charge in [-0.2, -0.15) is 0 Å². The van der Waals surface area contributed by atoms with Crippen LogP contribution in [0.3, 0.4) is 0 Å².